The van der Waals surface area contributed by atoms with Crippen molar-refractivity contribution in [3.05, 3.63) is 35.1 Å². The minimum Gasteiger partial charge on any atom is -0.377 e. The maximum atomic E-state index is 13.4. The lowest BCUT2D eigenvalue weighted by molar-refractivity contribution is -0.00689. The fourth-order valence-corrected chi connectivity index (χ4v) is 6.07. The number of morpholine rings is 1. The fourth-order valence-electron chi connectivity index (χ4n) is 5.09. The van der Waals surface area contributed by atoms with E-state index >= 15 is 0 Å². The summed E-state index contributed by atoms with van der Waals surface area (Å²) in [6, 6.07) is 4.47. The van der Waals surface area contributed by atoms with Gasteiger partial charge in [0.15, 0.2) is 11.5 Å². The van der Waals surface area contributed by atoms with E-state index in [1.54, 1.807) is 10.9 Å². The predicted molar refractivity (Wildman–Crippen MR) is 121 cm³/mol. The van der Waals surface area contributed by atoms with Gasteiger partial charge in [0.1, 0.15) is 4.83 Å². The van der Waals surface area contributed by atoms with Crippen LogP contribution in [-0.2, 0) is 11.8 Å². The first-order chi connectivity index (χ1) is 15.6. The summed E-state index contributed by atoms with van der Waals surface area (Å²) in [4.78, 5) is 31.5. The summed E-state index contributed by atoms with van der Waals surface area (Å²) in [5.41, 5.74) is 2.65. The average molecular weight is 447 g/mol. The highest BCUT2D eigenvalue weighted by Crippen LogP contribution is 2.44. The smallest absolute Gasteiger partial charge is 0.264 e. The lowest BCUT2D eigenvalue weighted by atomic mass is 10.1. The van der Waals surface area contributed by atoms with Gasteiger partial charge in [-0.1, -0.05) is 0 Å². The van der Waals surface area contributed by atoms with Crippen LogP contribution in [0.1, 0.15) is 47.0 Å². The predicted octanol–water partition coefficient (Wildman–Crippen LogP) is 3.52. The fraction of sp³-hybridized carbons (Fsp3) is 0.435. The molecule has 1 aliphatic carbocycles. The van der Waals surface area contributed by atoms with Gasteiger partial charge in [-0.2, -0.15) is 5.10 Å². The van der Waals surface area contributed by atoms with Crippen LogP contribution in [-0.4, -0.2) is 60.8 Å². The maximum absolute atomic E-state index is 13.4. The summed E-state index contributed by atoms with van der Waals surface area (Å²) in [7, 11) is 1.89. The number of hydrogen-bond donors (Lipinski definition) is 0. The molecular formula is C23H22N6O2S. The molecule has 8 nitrogen and oxygen atoms in total. The molecule has 162 valence electrons. The topological polar surface area (TPSA) is 86.0 Å². The molecule has 6 heterocycles. The summed E-state index contributed by atoms with van der Waals surface area (Å²) >= 11 is 1.49. The van der Waals surface area contributed by atoms with Crippen LogP contribution >= 0.6 is 11.3 Å². The minimum absolute atomic E-state index is 0.116. The van der Waals surface area contributed by atoms with Crippen LogP contribution in [0.25, 0.3) is 32.6 Å². The molecule has 7 rings (SSSR count). The number of carbonyl (C=O) groups excluding carboxylic acids is 1. The van der Waals surface area contributed by atoms with Crippen molar-refractivity contribution in [1.29, 1.82) is 0 Å². The van der Waals surface area contributed by atoms with Gasteiger partial charge in [-0.3, -0.25) is 9.48 Å². The van der Waals surface area contributed by atoms with E-state index in [0.29, 0.717) is 30.6 Å². The zero-order valence-electron chi connectivity index (χ0n) is 17.7. The Labute approximate surface area is 188 Å². The standard InChI is InChI=1S/C23H22N6O2S/c1-28-9-14-6-13(8-24-20(14)27-28)21-25-19(12-2-3-12)17-7-18(32-22(17)26-21)23(30)29-15-4-5-16(29)11-31-10-15/h6-9,12,15-16H,2-5,10-11H2,1H3/t15-,16+. The van der Waals surface area contributed by atoms with E-state index in [-0.39, 0.29) is 18.0 Å². The number of carbonyl (C=O) groups is 1. The summed E-state index contributed by atoms with van der Waals surface area (Å²) in [5, 5.41) is 6.35. The largest absolute Gasteiger partial charge is 0.377 e. The molecule has 0 radical (unpaired) electrons. The number of pyridine rings is 1. The highest BCUT2D eigenvalue weighted by molar-refractivity contribution is 7.20. The van der Waals surface area contributed by atoms with Crippen molar-refractivity contribution in [3.63, 3.8) is 0 Å². The van der Waals surface area contributed by atoms with Gasteiger partial charge >= 0.3 is 0 Å². The van der Waals surface area contributed by atoms with E-state index in [1.165, 1.54) is 11.3 Å². The van der Waals surface area contributed by atoms with Crippen LogP contribution in [0, 0.1) is 0 Å². The van der Waals surface area contributed by atoms with Crippen LogP contribution in [0.2, 0.25) is 0 Å². The number of nitrogens with zero attached hydrogens (tertiary/aromatic N) is 6. The van der Waals surface area contributed by atoms with E-state index in [2.05, 4.69) is 15.0 Å². The molecule has 1 saturated carbocycles. The number of aromatic nitrogens is 5. The molecule has 2 bridgehead atoms. The second-order valence-electron chi connectivity index (χ2n) is 9.11. The van der Waals surface area contributed by atoms with Crippen molar-refractivity contribution < 1.29 is 9.53 Å². The minimum atomic E-state index is 0.116. The molecule has 2 saturated heterocycles. The van der Waals surface area contributed by atoms with E-state index in [1.807, 2.05) is 25.4 Å². The third-order valence-corrected chi connectivity index (χ3v) is 7.82. The number of rotatable bonds is 3. The quantitative estimate of drug-likeness (QED) is 0.479. The van der Waals surface area contributed by atoms with Crippen molar-refractivity contribution >= 4 is 38.5 Å². The van der Waals surface area contributed by atoms with E-state index in [9.17, 15) is 4.79 Å². The summed E-state index contributed by atoms with van der Waals surface area (Å²) < 4.78 is 7.42. The Hall–Kier alpha value is -2.91. The van der Waals surface area contributed by atoms with E-state index < -0.39 is 0 Å². The molecular weight excluding hydrogens is 424 g/mol. The highest BCUT2D eigenvalue weighted by Gasteiger charge is 2.41. The first-order valence-electron chi connectivity index (χ1n) is 11.2. The Kier molecular flexibility index (Phi) is 3.96. The Morgan fingerprint density at radius 1 is 1.12 bits per heavy atom. The number of amides is 1. The van der Waals surface area contributed by atoms with Gasteiger partial charge in [-0.15, -0.1) is 11.3 Å². The molecule has 32 heavy (non-hydrogen) atoms. The number of fused-ring (bicyclic) bond motifs is 4. The first kappa shape index (κ1) is 18.6. The summed E-state index contributed by atoms with van der Waals surface area (Å²) in [6.45, 7) is 1.29. The zero-order valence-corrected chi connectivity index (χ0v) is 18.5. The van der Waals surface area contributed by atoms with Crippen molar-refractivity contribution in [2.75, 3.05) is 13.2 Å². The van der Waals surface area contributed by atoms with Crippen LogP contribution in [0.15, 0.2) is 24.5 Å². The maximum Gasteiger partial charge on any atom is 0.264 e. The molecule has 0 spiro atoms. The van der Waals surface area contributed by atoms with Crippen LogP contribution < -0.4 is 0 Å². The van der Waals surface area contributed by atoms with Gasteiger partial charge in [0.2, 0.25) is 0 Å². The normalized spacial score (nSPS) is 22.8. The monoisotopic (exact) mass is 446 g/mol. The number of hydrogen-bond acceptors (Lipinski definition) is 7. The molecule has 1 amide bonds. The third kappa shape index (κ3) is 2.87. The molecule has 4 aromatic rings. The Balaban J connectivity index is 1.32. The second kappa shape index (κ2) is 6.79. The molecule has 0 unspecified atom stereocenters. The molecule has 2 atom stereocenters. The van der Waals surface area contributed by atoms with Crippen molar-refractivity contribution in [2.45, 2.75) is 43.7 Å². The second-order valence-corrected chi connectivity index (χ2v) is 10.1. The van der Waals surface area contributed by atoms with Gasteiger partial charge in [0, 0.05) is 41.7 Å². The third-order valence-electron chi connectivity index (χ3n) is 6.80. The SMILES string of the molecule is Cn1cc2cc(-c3nc(C4CC4)c4cc(C(=O)N5[C@@H]6CC[C@H]5COC6)sc4n3)cnc2n1. The van der Waals surface area contributed by atoms with Gasteiger partial charge in [-0.05, 0) is 37.8 Å². The molecule has 3 fully saturated rings. The first-order valence-corrected chi connectivity index (χ1v) is 12.0. The molecule has 0 aromatic carbocycles. The van der Waals surface area contributed by atoms with Crippen LogP contribution in [0.5, 0.6) is 0 Å². The van der Waals surface area contributed by atoms with Crippen LogP contribution in [0.4, 0.5) is 0 Å². The summed E-state index contributed by atoms with van der Waals surface area (Å²) in [5.74, 6) is 1.24. The number of thiophene rings is 1. The molecule has 2 aliphatic heterocycles. The molecule has 4 aromatic heterocycles. The van der Waals surface area contributed by atoms with E-state index in [4.69, 9.17) is 14.7 Å². The Bertz CT molecular complexity index is 1370. The van der Waals surface area contributed by atoms with Crippen molar-refractivity contribution in [2.24, 2.45) is 7.05 Å². The zero-order chi connectivity index (χ0) is 21.4. The Morgan fingerprint density at radius 3 is 2.72 bits per heavy atom. The summed E-state index contributed by atoms with van der Waals surface area (Å²) in [6.07, 6.45) is 8.07. The van der Waals surface area contributed by atoms with Gasteiger partial charge < -0.3 is 9.64 Å². The number of ether oxygens (including phenoxy) is 1. The lowest BCUT2D eigenvalue weighted by Crippen LogP contribution is -2.48. The molecule has 9 heteroatoms. The number of aryl methyl sites for hydroxylation is 1. The van der Waals surface area contributed by atoms with Gasteiger partial charge in [-0.25, -0.2) is 15.0 Å². The Morgan fingerprint density at radius 2 is 1.94 bits per heavy atom. The van der Waals surface area contributed by atoms with Gasteiger partial charge in [0.05, 0.1) is 35.9 Å². The highest BCUT2D eigenvalue weighted by atomic mass is 32.1. The van der Waals surface area contributed by atoms with Crippen molar-refractivity contribution in [3.8, 4) is 11.4 Å². The van der Waals surface area contributed by atoms with E-state index in [0.717, 1.165) is 57.4 Å². The van der Waals surface area contributed by atoms with Crippen molar-refractivity contribution in [1.82, 2.24) is 29.6 Å². The van der Waals surface area contributed by atoms with Crippen LogP contribution in [0.3, 0.4) is 0 Å². The van der Waals surface area contributed by atoms with Gasteiger partial charge in [0.25, 0.3) is 5.91 Å². The molecule has 0 N–H and O–H groups in total. The molecule has 3 aliphatic rings. The lowest BCUT2D eigenvalue weighted by Gasteiger charge is -2.34. The average Bonchev–Trinajstić information content (AvgIpc) is 3.36.